The molecule has 17 heavy (non-hydrogen) atoms. The lowest BCUT2D eigenvalue weighted by atomic mass is 9.87. The third kappa shape index (κ3) is 2.17. The summed E-state index contributed by atoms with van der Waals surface area (Å²) in [6.45, 7) is 5.02. The molecular weight excluding hydrogens is 218 g/mol. The van der Waals surface area contributed by atoms with Crippen LogP contribution in [-0.2, 0) is 12.6 Å². The second-order valence-corrected chi connectivity index (χ2v) is 4.65. The number of aryl methyl sites for hydroxylation is 1. The lowest BCUT2D eigenvalue weighted by Crippen LogP contribution is -2.43. The molecule has 2 heterocycles. The van der Waals surface area contributed by atoms with Gasteiger partial charge in [-0.15, -0.1) is 0 Å². The van der Waals surface area contributed by atoms with E-state index in [1.165, 1.54) is 0 Å². The highest BCUT2D eigenvalue weighted by molar-refractivity contribution is 5.31. The highest BCUT2D eigenvalue weighted by atomic mass is 16.5. The molecule has 0 atom stereocenters. The van der Waals surface area contributed by atoms with Crippen LogP contribution in [0, 0.1) is 0 Å². The first-order valence-corrected chi connectivity index (χ1v) is 6.12. The Morgan fingerprint density at radius 3 is 2.65 bits per heavy atom. The molecule has 0 unspecified atom stereocenters. The van der Waals surface area contributed by atoms with Crippen molar-refractivity contribution in [1.29, 1.82) is 0 Å². The zero-order valence-corrected chi connectivity index (χ0v) is 10.8. The molecule has 1 aliphatic rings. The van der Waals surface area contributed by atoms with Crippen LogP contribution in [0.4, 0.5) is 0 Å². The Hall–Kier alpha value is -1.07. The number of aliphatic hydroxyl groups is 1. The number of hydrogen-bond acceptors (Lipinski definition) is 4. The lowest BCUT2D eigenvalue weighted by Gasteiger charge is -2.37. The summed E-state index contributed by atoms with van der Waals surface area (Å²) in [5.41, 5.74) is -0.00169. The normalized spacial score (nSPS) is 20.5. The van der Waals surface area contributed by atoms with Gasteiger partial charge in [0.2, 0.25) is 0 Å². The standard InChI is InChI=1S/C12H21N3O2/c1-4-15-7-5-12(16,6-8-15)11-10(17-3)9-13-14(11)2/h9,16H,4-8H2,1-3H3. The van der Waals surface area contributed by atoms with Gasteiger partial charge in [0.1, 0.15) is 11.3 Å². The Kier molecular flexibility index (Phi) is 3.40. The van der Waals surface area contributed by atoms with Gasteiger partial charge >= 0.3 is 0 Å². The van der Waals surface area contributed by atoms with Crippen molar-refractivity contribution >= 4 is 0 Å². The van der Waals surface area contributed by atoms with Gasteiger partial charge in [0, 0.05) is 20.1 Å². The summed E-state index contributed by atoms with van der Waals surface area (Å²) in [5.74, 6) is 0.681. The molecule has 96 valence electrons. The predicted octanol–water partition coefficient (Wildman–Crippen LogP) is 0.732. The quantitative estimate of drug-likeness (QED) is 0.845. The largest absolute Gasteiger partial charge is 0.493 e. The fourth-order valence-electron chi connectivity index (χ4n) is 2.57. The number of piperidine rings is 1. The number of methoxy groups -OCH3 is 1. The highest BCUT2D eigenvalue weighted by Crippen LogP contribution is 2.37. The molecule has 0 aromatic carbocycles. The van der Waals surface area contributed by atoms with E-state index in [0.29, 0.717) is 5.75 Å². The summed E-state index contributed by atoms with van der Waals surface area (Å²) in [6, 6.07) is 0. The molecule has 1 N–H and O–H groups in total. The van der Waals surface area contributed by atoms with Crippen molar-refractivity contribution in [2.24, 2.45) is 7.05 Å². The van der Waals surface area contributed by atoms with Crippen molar-refractivity contribution < 1.29 is 9.84 Å². The molecule has 0 bridgehead atoms. The SMILES string of the molecule is CCN1CCC(O)(c2c(OC)cnn2C)CC1. The lowest BCUT2D eigenvalue weighted by molar-refractivity contribution is -0.0324. The first kappa shape index (κ1) is 12.4. The van der Waals surface area contributed by atoms with Crippen molar-refractivity contribution in [2.75, 3.05) is 26.7 Å². The van der Waals surface area contributed by atoms with E-state index < -0.39 is 5.60 Å². The first-order chi connectivity index (χ1) is 8.10. The summed E-state index contributed by atoms with van der Waals surface area (Å²) in [6.07, 6.45) is 3.13. The smallest absolute Gasteiger partial charge is 0.162 e. The molecule has 0 amide bonds. The van der Waals surface area contributed by atoms with E-state index in [2.05, 4.69) is 16.9 Å². The summed E-state index contributed by atoms with van der Waals surface area (Å²) in [4.78, 5) is 2.34. The van der Waals surface area contributed by atoms with E-state index in [1.807, 2.05) is 7.05 Å². The molecule has 0 radical (unpaired) electrons. The van der Waals surface area contributed by atoms with Crippen LogP contribution in [0.1, 0.15) is 25.5 Å². The van der Waals surface area contributed by atoms with Crippen molar-refractivity contribution in [3.05, 3.63) is 11.9 Å². The van der Waals surface area contributed by atoms with Gasteiger partial charge < -0.3 is 14.7 Å². The summed E-state index contributed by atoms with van der Waals surface area (Å²) < 4.78 is 7.00. The van der Waals surface area contributed by atoms with Gasteiger partial charge in [0.05, 0.1) is 13.3 Å². The molecule has 1 saturated heterocycles. The zero-order chi connectivity index (χ0) is 12.5. The number of aromatic nitrogens is 2. The maximum Gasteiger partial charge on any atom is 0.162 e. The maximum absolute atomic E-state index is 10.8. The van der Waals surface area contributed by atoms with Crippen LogP contribution < -0.4 is 4.74 Å². The predicted molar refractivity (Wildman–Crippen MR) is 65.0 cm³/mol. The molecule has 1 aliphatic heterocycles. The molecule has 0 saturated carbocycles. The number of hydrogen-bond donors (Lipinski definition) is 1. The van der Waals surface area contributed by atoms with E-state index >= 15 is 0 Å². The fraction of sp³-hybridized carbons (Fsp3) is 0.750. The molecule has 2 rings (SSSR count). The Morgan fingerprint density at radius 2 is 2.12 bits per heavy atom. The Balaban J connectivity index is 2.24. The van der Waals surface area contributed by atoms with Crippen LogP contribution in [0.15, 0.2) is 6.20 Å². The van der Waals surface area contributed by atoms with Crippen LogP contribution >= 0.6 is 0 Å². The number of ether oxygens (including phenoxy) is 1. The van der Waals surface area contributed by atoms with Crippen molar-refractivity contribution in [3.8, 4) is 5.75 Å². The van der Waals surface area contributed by atoms with Gasteiger partial charge in [-0.05, 0) is 19.4 Å². The third-order valence-electron chi connectivity index (χ3n) is 3.70. The second kappa shape index (κ2) is 4.66. The van der Waals surface area contributed by atoms with E-state index in [9.17, 15) is 5.11 Å². The average molecular weight is 239 g/mol. The average Bonchev–Trinajstić information content (AvgIpc) is 2.72. The summed E-state index contributed by atoms with van der Waals surface area (Å²) >= 11 is 0. The van der Waals surface area contributed by atoms with Crippen LogP contribution in [0.3, 0.4) is 0 Å². The molecule has 1 aromatic heterocycles. The molecule has 5 nitrogen and oxygen atoms in total. The van der Waals surface area contributed by atoms with Gasteiger partial charge in [0.25, 0.3) is 0 Å². The van der Waals surface area contributed by atoms with E-state index in [4.69, 9.17) is 4.74 Å². The van der Waals surface area contributed by atoms with Gasteiger partial charge in [0.15, 0.2) is 5.75 Å². The summed E-state index contributed by atoms with van der Waals surface area (Å²) in [7, 11) is 3.47. The minimum absolute atomic E-state index is 0.681. The topological polar surface area (TPSA) is 50.5 Å². The third-order valence-corrected chi connectivity index (χ3v) is 3.70. The molecule has 1 aromatic rings. The number of likely N-dealkylation sites (tertiary alicyclic amines) is 1. The Labute approximate surface area is 102 Å². The van der Waals surface area contributed by atoms with Gasteiger partial charge in [-0.2, -0.15) is 5.10 Å². The summed E-state index contributed by atoms with van der Waals surface area (Å²) in [5, 5.41) is 14.9. The molecule has 1 fully saturated rings. The van der Waals surface area contributed by atoms with Crippen LogP contribution in [0.5, 0.6) is 5.75 Å². The fourth-order valence-corrected chi connectivity index (χ4v) is 2.57. The van der Waals surface area contributed by atoms with Crippen LogP contribution in [0.2, 0.25) is 0 Å². The molecule has 5 heteroatoms. The molecule has 0 spiro atoms. The monoisotopic (exact) mass is 239 g/mol. The van der Waals surface area contributed by atoms with E-state index in [-0.39, 0.29) is 0 Å². The Morgan fingerprint density at radius 1 is 1.47 bits per heavy atom. The first-order valence-electron chi connectivity index (χ1n) is 6.12. The Bertz CT molecular complexity index is 381. The minimum atomic E-state index is -0.803. The highest BCUT2D eigenvalue weighted by Gasteiger charge is 2.38. The zero-order valence-electron chi connectivity index (χ0n) is 10.8. The van der Waals surface area contributed by atoms with E-state index in [1.54, 1.807) is 18.0 Å². The van der Waals surface area contributed by atoms with Crippen molar-refractivity contribution in [3.63, 3.8) is 0 Å². The molecular formula is C12H21N3O2. The molecule has 0 aliphatic carbocycles. The van der Waals surface area contributed by atoms with Crippen molar-refractivity contribution in [1.82, 2.24) is 14.7 Å². The minimum Gasteiger partial charge on any atom is -0.493 e. The van der Waals surface area contributed by atoms with Gasteiger partial charge in [-0.1, -0.05) is 6.92 Å². The number of nitrogens with zero attached hydrogens (tertiary/aromatic N) is 3. The van der Waals surface area contributed by atoms with Crippen LogP contribution in [0.25, 0.3) is 0 Å². The maximum atomic E-state index is 10.8. The number of rotatable bonds is 3. The van der Waals surface area contributed by atoms with E-state index in [0.717, 1.165) is 38.2 Å². The second-order valence-electron chi connectivity index (χ2n) is 4.65. The van der Waals surface area contributed by atoms with Gasteiger partial charge in [-0.3, -0.25) is 4.68 Å². The van der Waals surface area contributed by atoms with Gasteiger partial charge in [-0.25, -0.2) is 0 Å². The van der Waals surface area contributed by atoms with Crippen molar-refractivity contribution in [2.45, 2.75) is 25.4 Å². The van der Waals surface area contributed by atoms with Crippen LogP contribution in [-0.4, -0.2) is 46.5 Å².